The predicted molar refractivity (Wildman–Crippen MR) is 59.4 cm³/mol. The molecule has 0 saturated carbocycles. The van der Waals surface area contributed by atoms with Gasteiger partial charge < -0.3 is 10.0 Å². The Labute approximate surface area is 102 Å². The van der Waals surface area contributed by atoms with Crippen LogP contribution in [0.4, 0.5) is 14.5 Å². The van der Waals surface area contributed by atoms with E-state index in [2.05, 4.69) is 0 Å². The van der Waals surface area contributed by atoms with Crippen molar-refractivity contribution in [3.63, 3.8) is 0 Å². The van der Waals surface area contributed by atoms with Crippen LogP contribution in [0.2, 0.25) is 0 Å². The van der Waals surface area contributed by atoms with Gasteiger partial charge in [-0.25, -0.2) is 8.78 Å². The number of fused-ring (bicyclic) bond motifs is 1. The summed E-state index contributed by atoms with van der Waals surface area (Å²) in [6.07, 6.45) is 0.949. The summed E-state index contributed by atoms with van der Waals surface area (Å²) in [5.74, 6) is -3.85. The lowest BCUT2D eigenvalue weighted by Crippen LogP contribution is -2.30. The van der Waals surface area contributed by atoms with E-state index in [1.54, 1.807) is 0 Å². The fourth-order valence-electron chi connectivity index (χ4n) is 1.89. The van der Waals surface area contributed by atoms with Gasteiger partial charge in [-0.2, -0.15) is 0 Å². The van der Waals surface area contributed by atoms with Crippen molar-refractivity contribution in [3.05, 3.63) is 29.3 Å². The lowest BCUT2D eigenvalue weighted by molar-refractivity contribution is -0.114. The Hall–Kier alpha value is -1.82. The Morgan fingerprint density at radius 2 is 1.78 bits per heavy atom. The number of halogens is 2. The Bertz CT molecular complexity index is 516. The molecule has 1 aliphatic heterocycles. The third-order valence-corrected chi connectivity index (χ3v) is 2.80. The molecular weight excluding hydrogens is 244 g/mol. The van der Waals surface area contributed by atoms with Crippen LogP contribution in [0.3, 0.4) is 0 Å². The fourth-order valence-corrected chi connectivity index (χ4v) is 1.89. The van der Waals surface area contributed by atoms with E-state index in [0.717, 1.165) is 17.0 Å². The molecule has 1 aromatic rings. The minimum atomic E-state index is -1.15. The maximum Gasteiger partial charge on any atom is 0.299 e. The van der Waals surface area contributed by atoms with Gasteiger partial charge in [-0.1, -0.05) is 0 Å². The molecule has 18 heavy (non-hydrogen) atoms. The summed E-state index contributed by atoms with van der Waals surface area (Å²) < 4.78 is 26.1. The quantitative estimate of drug-likeness (QED) is 0.651. The van der Waals surface area contributed by atoms with Gasteiger partial charge in [0.05, 0.1) is 11.3 Å². The van der Waals surface area contributed by atoms with E-state index in [0.29, 0.717) is 12.8 Å². The van der Waals surface area contributed by atoms with Crippen LogP contribution >= 0.6 is 0 Å². The number of Topliss-reactive ketones (excluding diaryl/α,β-unsaturated/α-hetero) is 1. The average molecular weight is 255 g/mol. The molecular formula is C12H11F2NO3. The second-order valence-corrected chi connectivity index (χ2v) is 4.00. The number of amides is 1. The van der Waals surface area contributed by atoms with Gasteiger partial charge in [0.2, 0.25) is 0 Å². The lowest BCUT2D eigenvalue weighted by Gasteiger charge is -2.15. The fraction of sp³-hybridized carbons (Fsp3) is 0.333. The molecule has 0 bridgehead atoms. The Morgan fingerprint density at radius 1 is 1.11 bits per heavy atom. The molecule has 0 fully saturated rings. The molecule has 0 aliphatic carbocycles. The van der Waals surface area contributed by atoms with Crippen LogP contribution in [-0.4, -0.2) is 29.9 Å². The SMILES string of the molecule is O=C1C(=O)N(CCCCO)c2cc(F)c(F)cc21. The van der Waals surface area contributed by atoms with Crippen LogP contribution in [0, 0.1) is 11.6 Å². The zero-order valence-corrected chi connectivity index (χ0v) is 9.45. The van der Waals surface area contributed by atoms with Crippen molar-refractivity contribution in [2.75, 3.05) is 18.1 Å². The molecule has 1 N–H and O–H groups in total. The van der Waals surface area contributed by atoms with Crippen LogP contribution in [0.5, 0.6) is 0 Å². The third-order valence-electron chi connectivity index (χ3n) is 2.80. The minimum absolute atomic E-state index is 0.0272. The number of nitrogens with zero attached hydrogens (tertiary/aromatic N) is 1. The number of benzene rings is 1. The number of aliphatic hydroxyl groups is 1. The van der Waals surface area contributed by atoms with Gasteiger partial charge in [-0.3, -0.25) is 9.59 Å². The number of anilines is 1. The molecule has 0 spiro atoms. The highest BCUT2D eigenvalue weighted by atomic mass is 19.2. The van der Waals surface area contributed by atoms with E-state index >= 15 is 0 Å². The highest BCUT2D eigenvalue weighted by molar-refractivity contribution is 6.52. The first-order chi connectivity index (χ1) is 8.56. The van der Waals surface area contributed by atoms with E-state index < -0.39 is 23.3 Å². The molecule has 0 atom stereocenters. The van der Waals surface area contributed by atoms with Crippen molar-refractivity contribution in [1.29, 1.82) is 0 Å². The van der Waals surface area contributed by atoms with Gasteiger partial charge in [0.15, 0.2) is 11.6 Å². The maximum atomic E-state index is 13.1. The number of hydrogen-bond acceptors (Lipinski definition) is 3. The normalized spacial score (nSPS) is 14.3. The van der Waals surface area contributed by atoms with E-state index in [1.807, 2.05) is 0 Å². The molecule has 1 aromatic carbocycles. The molecule has 1 amide bonds. The van der Waals surface area contributed by atoms with E-state index in [-0.39, 0.29) is 24.4 Å². The summed E-state index contributed by atoms with van der Waals surface area (Å²) in [7, 11) is 0. The lowest BCUT2D eigenvalue weighted by atomic mass is 10.1. The third kappa shape index (κ3) is 1.99. The largest absolute Gasteiger partial charge is 0.396 e. The summed E-state index contributed by atoms with van der Waals surface area (Å²) in [6.45, 7) is 0.170. The molecule has 2 rings (SSSR count). The van der Waals surface area contributed by atoms with Crippen LogP contribution in [0.25, 0.3) is 0 Å². The highest BCUT2D eigenvalue weighted by Crippen LogP contribution is 2.31. The Balaban J connectivity index is 2.33. The second kappa shape index (κ2) is 4.81. The molecule has 1 heterocycles. The number of carbonyl (C=O) groups excluding carboxylic acids is 2. The molecule has 0 radical (unpaired) electrons. The van der Waals surface area contributed by atoms with Gasteiger partial charge in [0.1, 0.15) is 0 Å². The van der Waals surface area contributed by atoms with E-state index in [9.17, 15) is 18.4 Å². The first-order valence-corrected chi connectivity index (χ1v) is 5.52. The summed E-state index contributed by atoms with van der Waals surface area (Å²) >= 11 is 0. The maximum absolute atomic E-state index is 13.1. The number of ketones is 1. The smallest absolute Gasteiger partial charge is 0.299 e. The predicted octanol–water partition coefficient (Wildman–Crippen LogP) is 1.27. The number of hydrogen-bond donors (Lipinski definition) is 1. The second-order valence-electron chi connectivity index (χ2n) is 4.00. The van der Waals surface area contributed by atoms with Crippen LogP contribution in [0.1, 0.15) is 23.2 Å². The number of aliphatic hydroxyl groups excluding tert-OH is 1. The van der Waals surface area contributed by atoms with Crippen molar-refractivity contribution in [2.24, 2.45) is 0 Å². The summed E-state index contributed by atoms with van der Waals surface area (Å²) in [5, 5.41) is 8.65. The molecule has 6 heteroatoms. The van der Waals surface area contributed by atoms with Crippen LogP contribution in [-0.2, 0) is 4.79 Å². The molecule has 96 valence electrons. The first-order valence-electron chi connectivity index (χ1n) is 5.52. The van der Waals surface area contributed by atoms with E-state index in [4.69, 9.17) is 5.11 Å². The summed E-state index contributed by atoms with van der Waals surface area (Å²) in [5.41, 5.74) is -0.00950. The van der Waals surface area contributed by atoms with Gasteiger partial charge in [-0.05, 0) is 18.9 Å². The van der Waals surface area contributed by atoms with Crippen molar-refractivity contribution in [2.45, 2.75) is 12.8 Å². The average Bonchev–Trinajstić information content (AvgIpc) is 2.56. The topological polar surface area (TPSA) is 57.6 Å². The Kier molecular flexibility index (Phi) is 3.38. The number of carbonyl (C=O) groups is 2. The minimum Gasteiger partial charge on any atom is -0.396 e. The molecule has 4 nitrogen and oxygen atoms in total. The van der Waals surface area contributed by atoms with Crippen molar-refractivity contribution in [1.82, 2.24) is 0 Å². The molecule has 0 aromatic heterocycles. The molecule has 1 aliphatic rings. The van der Waals surface area contributed by atoms with Crippen molar-refractivity contribution >= 4 is 17.4 Å². The van der Waals surface area contributed by atoms with Gasteiger partial charge in [0.25, 0.3) is 11.7 Å². The van der Waals surface area contributed by atoms with Gasteiger partial charge in [0, 0.05) is 19.2 Å². The number of rotatable bonds is 4. The highest BCUT2D eigenvalue weighted by Gasteiger charge is 2.36. The number of unbranched alkanes of at least 4 members (excludes halogenated alkanes) is 1. The zero-order valence-electron chi connectivity index (χ0n) is 9.45. The summed E-state index contributed by atoms with van der Waals surface area (Å²) in [4.78, 5) is 24.3. The molecule has 0 unspecified atom stereocenters. The Morgan fingerprint density at radius 3 is 2.44 bits per heavy atom. The summed E-state index contributed by atoms with van der Waals surface area (Å²) in [6, 6.07) is 1.60. The van der Waals surface area contributed by atoms with Crippen molar-refractivity contribution < 1.29 is 23.5 Å². The van der Waals surface area contributed by atoms with E-state index in [1.165, 1.54) is 0 Å². The molecule has 0 saturated heterocycles. The van der Waals surface area contributed by atoms with Crippen molar-refractivity contribution in [3.8, 4) is 0 Å². The van der Waals surface area contributed by atoms with Gasteiger partial charge >= 0.3 is 0 Å². The van der Waals surface area contributed by atoms with Crippen LogP contribution < -0.4 is 4.90 Å². The first kappa shape index (κ1) is 12.6. The standard InChI is InChI=1S/C12H11F2NO3/c13-8-5-7-10(6-9(8)14)15(3-1-2-4-16)12(18)11(7)17/h5-6,16H,1-4H2. The zero-order chi connectivity index (χ0) is 13.3. The van der Waals surface area contributed by atoms with Gasteiger partial charge in [-0.15, -0.1) is 0 Å². The monoisotopic (exact) mass is 255 g/mol. The van der Waals surface area contributed by atoms with Crippen LogP contribution in [0.15, 0.2) is 12.1 Å².